The second kappa shape index (κ2) is 15.6. The molecule has 0 saturated heterocycles. The Kier molecular flexibility index (Phi) is 12.5. The van der Waals surface area contributed by atoms with Crippen LogP contribution < -0.4 is 32.6 Å². The number of nitrogens with one attached hydrogen (secondary N) is 2. The van der Waals surface area contributed by atoms with Crippen LogP contribution in [-0.4, -0.2) is 67.5 Å². The van der Waals surface area contributed by atoms with Gasteiger partial charge in [0.15, 0.2) is 0 Å². The highest BCUT2D eigenvalue weighted by Crippen LogP contribution is 2.26. The second-order valence-corrected chi connectivity index (χ2v) is 8.78. The summed E-state index contributed by atoms with van der Waals surface area (Å²) in [5.41, 5.74) is 19.7. The van der Waals surface area contributed by atoms with E-state index in [0.29, 0.717) is 44.0 Å². The Labute approximate surface area is 218 Å². The maximum atomic E-state index is 13.3. The topological polar surface area (TPSA) is 166 Å². The van der Waals surface area contributed by atoms with Crippen LogP contribution in [0.25, 0.3) is 0 Å². The maximum Gasteiger partial charge on any atom is 0.247 e. The zero-order valence-electron chi connectivity index (χ0n) is 21.7. The van der Waals surface area contributed by atoms with Gasteiger partial charge in [0.1, 0.15) is 11.8 Å². The third-order valence-corrected chi connectivity index (χ3v) is 5.77. The van der Waals surface area contributed by atoms with E-state index < -0.39 is 23.9 Å². The van der Waals surface area contributed by atoms with Crippen LogP contribution >= 0.6 is 0 Å². The van der Waals surface area contributed by atoms with E-state index in [0.717, 1.165) is 11.1 Å². The van der Waals surface area contributed by atoms with Crippen molar-refractivity contribution >= 4 is 23.4 Å². The minimum absolute atomic E-state index is 0.217. The quantitative estimate of drug-likeness (QED) is 0.236. The highest BCUT2D eigenvalue weighted by Gasteiger charge is 2.27. The van der Waals surface area contributed by atoms with E-state index in [-0.39, 0.29) is 25.4 Å². The zero-order valence-corrected chi connectivity index (χ0v) is 21.7. The Hall–Kier alpha value is -3.47. The average Bonchev–Trinajstić information content (AvgIpc) is 2.88. The first-order valence-electron chi connectivity index (χ1n) is 12.6. The molecule has 0 saturated carbocycles. The lowest BCUT2D eigenvalue weighted by molar-refractivity contribution is -0.134. The molecule has 10 nitrogen and oxygen atoms in total. The van der Waals surface area contributed by atoms with E-state index in [1.807, 2.05) is 56.3 Å². The molecule has 0 aliphatic carbocycles. The molecule has 2 unspecified atom stereocenters. The Morgan fingerprint density at radius 2 is 1.68 bits per heavy atom. The molecular formula is C27H40N6O4. The minimum atomic E-state index is -1.13. The predicted octanol–water partition coefficient (Wildman–Crippen LogP) is 0.913. The third kappa shape index (κ3) is 9.83. The highest BCUT2D eigenvalue weighted by molar-refractivity contribution is 5.99. The number of ether oxygens (including phenoxy) is 1. The van der Waals surface area contributed by atoms with Crippen molar-refractivity contribution in [1.29, 1.82) is 0 Å². The normalized spacial score (nSPS) is 12.4. The van der Waals surface area contributed by atoms with Gasteiger partial charge in [-0.25, -0.2) is 0 Å². The number of anilines is 1. The number of rotatable bonds is 15. The van der Waals surface area contributed by atoms with E-state index in [4.69, 9.17) is 21.9 Å². The molecule has 2 rings (SSSR count). The fourth-order valence-corrected chi connectivity index (χ4v) is 3.81. The van der Waals surface area contributed by atoms with Gasteiger partial charge < -0.3 is 37.5 Å². The smallest absolute Gasteiger partial charge is 0.247 e. The summed E-state index contributed by atoms with van der Waals surface area (Å²) in [6.45, 7) is 5.43. The first-order valence-corrected chi connectivity index (χ1v) is 12.6. The summed E-state index contributed by atoms with van der Waals surface area (Å²) in [6.07, 6.45) is 0.677. The summed E-state index contributed by atoms with van der Waals surface area (Å²) < 4.78 is 5.67. The van der Waals surface area contributed by atoms with E-state index in [1.54, 1.807) is 6.07 Å². The van der Waals surface area contributed by atoms with Gasteiger partial charge in [-0.05, 0) is 49.9 Å². The zero-order chi connectivity index (χ0) is 27.2. The van der Waals surface area contributed by atoms with Crippen LogP contribution in [-0.2, 0) is 20.8 Å². The highest BCUT2D eigenvalue weighted by atomic mass is 16.5. The van der Waals surface area contributed by atoms with Gasteiger partial charge in [-0.2, -0.15) is 0 Å². The molecule has 2 atom stereocenters. The number of hydrogen-bond acceptors (Lipinski definition) is 7. The molecule has 8 N–H and O–H groups in total. The number of hydrogen-bond donors (Lipinski definition) is 5. The SMILES string of the molecule is CCOc1cc(C)ccc1NC(=O)C(CCc1ccccc1)NC(=O)C(N)CC(=O)N(CCN)CCN. The summed E-state index contributed by atoms with van der Waals surface area (Å²) in [6, 6.07) is 13.1. The Morgan fingerprint density at radius 3 is 2.30 bits per heavy atom. The monoisotopic (exact) mass is 512 g/mol. The molecule has 0 bridgehead atoms. The van der Waals surface area contributed by atoms with E-state index >= 15 is 0 Å². The largest absolute Gasteiger partial charge is 0.492 e. The standard InChI is InChI=1S/C27H40N6O4/c1-3-37-24-17-19(2)9-11-22(24)31-27(36)23(12-10-20-7-5-4-6-8-20)32-26(35)21(30)18-25(34)33(15-13-28)16-14-29/h4-9,11,17,21,23H,3,10,12-16,18,28-30H2,1-2H3,(H,31,36)(H,32,35). The van der Waals surface area contributed by atoms with Crippen molar-refractivity contribution in [1.82, 2.24) is 10.2 Å². The first-order chi connectivity index (χ1) is 17.8. The van der Waals surface area contributed by atoms with Crippen LogP contribution in [0.4, 0.5) is 5.69 Å². The first kappa shape index (κ1) is 29.8. The van der Waals surface area contributed by atoms with E-state index in [9.17, 15) is 14.4 Å². The lowest BCUT2D eigenvalue weighted by atomic mass is 10.0. The van der Waals surface area contributed by atoms with Gasteiger partial charge in [-0.15, -0.1) is 0 Å². The number of nitrogens with zero attached hydrogens (tertiary/aromatic N) is 1. The van der Waals surface area contributed by atoms with Crippen molar-refractivity contribution in [3.63, 3.8) is 0 Å². The Morgan fingerprint density at radius 1 is 1.00 bits per heavy atom. The summed E-state index contributed by atoms with van der Waals surface area (Å²) in [7, 11) is 0. The van der Waals surface area contributed by atoms with Gasteiger partial charge in [-0.1, -0.05) is 36.4 Å². The molecular weight excluding hydrogens is 472 g/mol. The summed E-state index contributed by atoms with van der Waals surface area (Å²) in [4.78, 5) is 40.3. The van der Waals surface area contributed by atoms with Crippen molar-refractivity contribution < 1.29 is 19.1 Å². The van der Waals surface area contributed by atoms with Crippen molar-refractivity contribution in [2.45, 2.75) is 45.2 Å². The lowest BCUT2D eigenvalue weighted by Crippen LogP contribution is -2.52. The van der Waals surface area contributed by atoms with Crippen molar-refractivity contribution in [3.05, 3.63) is 59.7 Å². The molecule has 0 aliphatic rings. The predicted molar refractivity (Wildman–Crippen MR) is 145 cm³/mol. The molecule has 37 heavy (non-hydrogen) atoms. The molecule has 3 amide bonds. The average molecular weight is 513 g/mol. The number of amides is 3. The Bertz CT molecular complexity index is 1010. The van der Waals surface area contributed by atoms with Gasteiger partial charge in [0.25, 0.3) is 0 Å². The number of nitrogens with two attached hydrogens (primary N) is 3. The molecule has 0 aromatic heterocycles. The molecule has 0 fully saturated rings. The molecule has 2 aromatic carbocycles. The van der Waals surface area contributed by atoms with Gasteiger partial charge in [-0.3, -0.25) is 14.4 Å². The Balaban J connectivity index is 2.14. The fourth-order valence-electron chi connectivity index (χ4n) is 3.81. The van der Waals surface area contributed by atoms with Crippen LogP contribution in [0.1, 0.15) is 30.9 Å². The number of carbonyl (C=O) groups excluding carboxylic acids is 3. The molecule has 0 aliphatic heterocycles. The third-order valence-electron chi connectivity index (χ3n) is 5.77. The van der Waals surface area contributed by atoms with Crippen LogP contribution in [0.3, 0.4) is 0 Å². The van der Waals surface area contributed by atoms with Gasteiger partial charge in [0.2, 0.25) is 17.7 Å². The van der Waals surface area contributed by atoms with Gasteiger partial charge in [0.05, 0.1) is 24.8 Å². The summed E-state index contributed by atoms with van der Waals surface area (Å²) in [5, 5.41) is 5.61. The maximum absolute atomic E-state index is 13.3. The van der Waals surface area contributed by atoms with E-state index in [2.05, 4.69) is 10.6 Å². The fraction of sp³-hybridized carbons (Fsp3) is 0.444. The van der Waals surface area contributed by atoms with Crippen molar-refractivity contribution in [3.8, 4) is 5.75 Å². The van der Waals surface area contributed by atoms with E-state index in [1.165, 1.54) is 4.90 Å². The number of benzene rings is 2. The second-order valence-electron chi connectivity index (χ2n) is 8.78. The lowest BCUT2D eigenvalue weighted by Gasteiger charge is -2.24. The molecule has 202 valence electrons. The van der Waals surface area contributed by atoms with Gasteiger partial charge in [0, 0.05) is 26.2 Å². The van der Waals surface area contributed by atoms with Crippen LogP contribution in [0.15, 0.2) is 48.5 Å². The molecule has 0 heterocycles. The van der Waals surface area contributed by atoms with Crippen LogP contribution in [0.5, 0.6) is 5.75 Å². The minimum Gasteiger partial charge on any atom is -0.492 e. The molecule has 10 heteroatoms. The van der Waals surface area contributed by atoms with Crippen LogP contribution in [0, 0.1) is 6.92 Å². The van der Waals surface area contributed by atoms with Crippen LogP contribution in [0.2, 0.25) is 0 Å². The number of carbonyl (C=O) groups is 3. The molecule has 0 radical (unpaired) electrons. The molecule has 0 spiro atoms. The molecule has 2 aromatic rings. The number of aryl methyl sites for hydroxylation is 2. The van der Waals surface area contributed by atoms with Crippen molar-refractivity contribution in [2.24, 2.45) is 17.2 Å². The van der Waals surface area contributed by atoms with Crippen molar-refractivity contribution in [2.75, 3.05) is 38.1 Å². The summed E-state index contributed by atoms with van der Waals surface area (Å²) in [5.74, 6) is -0.757. The summed E-state index contributed by atoms with van der Waals surface area (Å²) >= 11 is 0. The van der Waals surface area contributed by atoms with Gasteiger partial charge >= 0.3 is 0 Å².